The predicted molar refractivity (Wildman–Crippen MR) is 61.0 cm³/mol. The van der Waals surface area contributed by atoms with Crippen LogP contribution in [0.2, 0.25) is 0 Å². The van der Waals surface area contributed by atoms with E-state index in [-0.39, 0.29) is 5.91 Å². The Morgan fingerprint density at radius 1 is 1.13 bits per heavy atom. The third-order valence-corrected chi connectivity index (χ3v) is 2.18. The third-order valence-electron chi connectivity index (χ3n) is 2.18. The van der Waals surface area contributed by atoms with Gasteiger partial charge in [-0.25, -0.2) is 0 Å². The van der Waals surface area contributed by atoms with E-state index >= 15 is 0 Å². The molecule has 0 aromatic heterocycles. The van der Waals surface area contributed by atoms with Crippen LogP contribution in [0.4, 0.5) is 0 Å². The molecule has 0 saturated carbocycles. The van der Waals surface area contributed by atoms with E-state index in [1.54, 1.807) is 0 Å². The Balaban J connectivity index is 3.15. The molecular weight excluding hydrogens is 190 g/mol. The highest BCUT2D eigenvalue weighted by Crippen LogP contribution is 1.99. The fourth-order valence-corrected chi connectivity index (χ4v) is 1.28. The summed E-state index contributed by atoms with van der Waals surface area (Å²) >= 11 is 0. The van der Waals surface area contributed by atoms with Crippen molar-refractivity contribution in [1.82, 2.24) is 5.32 Å². The molecule has 0 aliphatic heterocycles. The summed E-state index contributed by atoms with van der Waals surface area (Å²) in [4.78, 5) is 21.1. The second-order valence-electron chi connectivity index (χ2n) is 3.62. The Bertz CT molecular complexity index is 169. The van der Waals surface area contributed by atoms with Crippen molar-refractivity contribution in [1.29, 1.82) is 0 Å². The SMILES string of the molecule is [CH2]CCCCCNC(=O)CCCC[C]=O. The van der Waals surface area contributed by atoms with Crippen molar-refractivity contribution >= 4 is 12.2 Å². The summed E-state index contributed by atoms with van der Waals surface area (Å²) < 4.78 is 0. The molecule has 1 N–H and O–H groups in total. The molecule has 0 aromatic carbocycles. The zero-order valence-corrected chi connectivity index (χ0v) is 9.39. The topological polar surface area (TPSA) is 46.2 Å². The molecule has 0 saturated heterocycles. The summed E-state index contributed by atoms with van der Waals surface area (Å²) in [7, 11) is 0. The summed E-state index contributed by atoms with van der Waals surface area (Å²) in [6, 6.07) is 0. The minimum absolute atomic E-state index is 0.0931. The van der Waals surface area contributed by atoms with E-state index in [0.29, 0.717) is 12.8 Å². The smallest absolute Gasteiger partial charge is 0.219 e. The molecule has 0 aliphatic rings. The van der Waals surface area contributed by atoms with Crippen LogP contribution in [0, 0.1) is 6.92 Å². The average Bonchev–Trinajstić information content (AvgIpc) is 2.24. The van der Waals surface area contributed by atoms with Gasteiger partial charge in [-0.15, -0.1) is 0 Å². The van der Waals surface area contributed by atoms with Crippen molar-refractivity contribution in [3.63, 3.8) is 0 Å². The van der Waals surface area contributed by atoms with E-state index in [9.17, 15) is 9.59 Å². The number of carbonyl (C=O) groups excluding carboxylic acids is 2. The van der Waals surface area contributed by atoms with Gasteiger partial charge in [0.1, 0.15) is 0 Å². The minimum atomic E-state index is 0.0931. The molecule has 0 spiro atoms. The average molecular weight is 211 g/mol. The highest BCUT2D eigenvalue weighted by molar-refractivity contribution is 5.75. The zero-order chi connectivity index (χ0) is 11.4. The molecule has 86 valence electrons. The van der Waals surface area contributed by atoms with Crippen LogP contribution in [-0.2, 0) is 9.59 Å². The van der Waals surface area contributed by atoms with Crippen LogP contribution in [0.15, 0.2) is 0 Å². The molecule has 0 aliphatic carbocycles. The summed E-state index contributed by atoms with van der Waals surface area (Å²) in [5, 5.41) is 2.86. The van der Waals surface area contributed by atoms with Gasteiger partial charge >= 0.3 is 0 Å². The van der Waals surface area contributed by atoms with Gasteiger partial charge in [0.15, 0.2) is 6.29 Å². The van der Waals surface area contributed by atoms with Gasteiger partial charge in [0.2, 0.25) is 5.91 Å². The van der Waals surface area contributed by atoms with Crippen molar-refractivity contribution in [2.24, 2.45) is 0 Å². The van der Waals surface area contributed by atoms with Crippen LogP contribution in [0.3, 0.4) is 0 Å². The molecule has 0 rings (SSSR count). The van der Waals surface area contributed by atoms with Crippen molar-refractivity contribution in [3.8, 4) is 0 Å². The maximum atomic E-state index is 11.2. The first-order chi connectivity index (χ1) is 7.31. The normalized spacial score (nSPS) is 9.93. The molecule has 0 atom stereocenters. The van der Waals surface area contributed by atoms with Crippen LogP contribution >= 0.6 is 0 Å². The van der Waals surface area contributed by atoms with Crippen LogP contribution in [-0.4, -0.2) is 18.7 Å². The van der Waals surface area contributed by atoms with Gasteiger partial charge in [-0.1, -0.05) is 26.2 Å². The summed E-state index contributed by atoms with van der Waals surface area (Å²) in [5.74, 6) is 0.0931. The second-order valence-corrected chi connectivity index (χ2v) is 3.62. The largest absolute Gasteiger partial charge is 0.356 e. The molecule has 2 radical (unpaired) electrons. The van der Waals surface area contributed by atoms with Gasteiger partial charge in [0.25, 0.3) is 0 Å². The fourth-order valence-electron chi connectivity index (χ4n) is 1.28. The van der Waals surface area contributed by atoms with Crippen LogP contribution in [0.25, 0.3) is 0 Å². The monoisotopic (exact) mass is 211 g/mol. The lowest BCUT2D eigenvalue weighted by atomic mass is 10.2. The molecule has 3 heteroatoms. The molecule has 0 heterocycles. The van der Waals surface area contributed by atoms with Gasteiger partial charge in [-0.2, -0.15) is 0 Å². The van der Waals surface area contributed by atoms with Gasteiger partial charge in [-0.3, -0.25) is 9.59 Å². The van der Waals surface area contributed by atoms with E-state index in [0.717, 1.165) is 45.1 Å². The first-order valence-corrected chi connectivity index (χ1v) is 5.72. The Morgan fingerprint density at radius 3 is 2.60 bits per heavy atom. The maximum Gasteiger partial charge on any atom is 0.219 e. The molecule has 1 amide bonds. The molecule has 0 unspecified atom stereocenters. The molecule has 3 nitrogen and oxygen atoms in total. The lowest BCUT2D eigenvalue weighted by molar-refractivity contribution is -0.121. The zero-order valence-electron chi connectivity index (χ0n) is 9.39. The highest BCUT2D eigenvalue weighted by atomic mass is 16.1. The van der Waals surface area contributed by atoms with Crippen molar-refractivity contribution in [3.05, 3.63) is 6.92 Å². The van der Waals surface area contributed by atoms with Crippen LogP contribution < -0.4 is 5.32 Å². The first-order valence-electron chi connectivity index (χ1n) is 5.72. The fraction of sp³-hybridized carbons (Fsp3) is 0.750. The summed E-state index contributed by atoms with van der Waals surface area (Å²) in [5.41, 5.74) is 0. The number of hydrogen-bond donors (Lipinski definition) is 1. The van der Waals surface area contributed by atoms with E-state index in [1.165, 1.54) is 0 Å². The van der Waals surface area contributed by atoms with Gasteiger partial charge in [-0.05, 0) is 19.3 Å². The summed E-state index contributed by atoms with van der Waals surface area (Å²) in [6.07, 6.45) is 8.58. The first kappa shape index (κ1) is 14.1. The van der Waals surface area contributed by atoms with Crippen molar-refractivity contribution in [2.75, 3.05) is 6.54 Å². The molecule has 0 fully saturated rings. The quantitative estimate of drug-likeness (QED) is 0.563. The number of amides is 1. The lowest BCUT2D eigenvalue weighted by Crippen LogP contribution is -2.23. The highest BCUT2D eigenvalue weighted by Gasteiger charge is 1.99. The van der Waals surface area contributed by atoms with E-state index < -0.39 is 0 Å². The standard InChI is InChI=1S/C12H21NO2/c1-2-3-4-7-10-13-12(15)9-6-5-8-11-14/h1-10H2,(H,13,15). The maximum absolute atomic E-state index is 11.2. The van der Waals surface area contributed by atoms with Crippen LogP contribution in [0.1, 0.15) is 51.4 Å². The van der Waals surface area contributed by atoms with Crippen molar-refractivity contribution < 1.29 is 9.59 Å². The summed E-state index contributed by atoms with van der Waals surface area (Å²) in [6.45, 7) is 4.52. The Labute approximate surface area is 92.6 Å². The van der Waals surface area contributed by atoms with Crippen LogP contribution in [0.5, 0.6) is 0 Å². The number of carbonyl (C=O) groups is 1. The van der Waals surface area contributed by atoms with Gasteiger partial charge < -0.3 is 5.32 Å². The van der Waals surface area contributed by atoms with E-state index in [4.69, 9.17) is 0 Å². The van der Waals surface area contributed by atoms with E-state index in [1.807, 2.05) is 6.29 Å². The molecule has 0 aromatic rings. The van der Waals surface area contributed by atoms with Gasteiger partial charge in [0.05, 0.1) is 0 Å². The number of hydrogen-bond acceptors (Lipinski definition) is 2. The Morgan fingerprint density at radius 2 is 1.93 bits per heavy atom. The lowest BCUT2D eigenvalue weighted by Gasteiger charge is -2.03. The second kappa shape index (κ2) is 11.2. The molecular formula is C12H21NO2. The minimum Gasteiger partial charge on any atom is -0.356 e. The van der Waals surface area contributed by atoms with Gasteiger partial charge in [0, 0.05) is 19.4 Å². The number of unbranched alkanes of at least 4 members (excludes halogenated alkanes) is 5. The van der Waals surface area contributed by atoms with E-state index in [2.05, 4.69) is 12.2 Å². The Hall–Kier alpha value is -0.860. The molecule has 15 heavy (non-hydrogen) atoms. The number of rotatable bonds is 10. The number of nitrogens with one attached hydrogen (secondary N) is 1. The third kappa shape index (κ3) is 11.1. The predicted octanol–water partition coefficient (Wildman–Crippen LogP) is 2.17. The molecule has 0 bridgehead atoms. The van der Waals surface area contributed by atoms with Crippen molar-refractivity contribution in [2.45, 2.75) is 51.4 Å². The Kier molecular flexibility index (Phi) is 10.6.